The van der Waals surface area contributed by atoms with E-state index < -0.39 is 17.9 Å². The lowest BCUT2D eigenvalue weighted by atomic mass is 10.0. The van der Waals surface area contributed by atoms with Crippen molar-refractivity contribution >= 4 is 41.2 Å². The molecule has 0 aliphatic heterocycles. The maximum atomic E-state index is 12.7. The Hall–Kier alpha value is -3.03. The summed E-state index contributed by atoms with van der Waals surface area (Å²) in [5.74, 6) is -0.180. The molecule has 170 valence electrons. The number of benzene rings is 2. The summed E-state index contributed by atoms with van der Waals surface area (Å²) in [6.45, 7) is 7.52. The van der Waals surface area contributed by atoms with Crippen LogP contribution in [0.1, 0.15) is 29.8 Å². The maximum Gasteiger partial charge on any atom is 0.262 e. The average Bonchev–Trinajstić information content (AvgIpc) is 2.75. The van der Waals surface area contributed by atoms with Crippen molar-refractivity contribution < 1.29 is 19.1 Å². The van der Waals surface area contributed by atoms with Gasteiger partial charge in [0.05, 0.1) is 23.9 Å². The van der Waals surface area contributed by atoms with E-state index in [1.807, 2.05) is 0 Å². The number of ether oxygens (including phenoxy) is 2. The summed E-state index contributed by atoms with van der Waals surface area (Å²) in [5, 5.41) is 7.31. The van der Waals surface area contributed by atoms with Gasteiger partial charge in [0.15, 0.2) is 11.5 Å². The van der Waals surface area contributed by atoms with E-state index >= 15 is 0 Å². The van der Waals surface area contributed by atoms with Crippen molar-refractivity contribution in [1.82, 2.24) is 10.7 Å². The summed E-state index contributed by atoms with van der Waals surface area (Å²) in [6.07, 6.45) is 3.05. The second-order valence-corrected chi connectivity index (χ2v) is 7.88. The minimum atomic E-state index is -0.840. The number of hydrogen-bond donors (Lipinski definition) is 2. The second kappa shape index (κ2) is 12.1. The van der Waals surface area contributed by atoms with Crippen LogP contribution in [0.5, 0.6) is 11.5 Å². The number of hydrazone groups is 1. The fourth-order valence-corrected chi connectivity index (χ4v) is 3.25. The third-order valence-corrected chi connectivity index (χ3v) is 4.91. The molecule has 0 aliphatic rings. The average molecular weight is 478 g/mol. The van der Waals surface area contributed by atoms with Gasteiger partial charge in [0, 0.05) is 10.6 Å². The van der Waals surface area contributed by atoms with E-state index in [4.69, 9.17) is 32.7 Å². The minimum Gasteiger partial charge on any atom is -0.493 e. The summed E-state index contributed by atoms with van der Waals surface area (Å²) < 4.78 is 11.0. The van der Waals surface area contributed by atoms with E-state index in [9.17, 15) is 9.59 Å². The normalized spacial score (nSPS) is 11.8. The fourth-order valence-electron chi connectivity index (χ4n) is 2.75. The molecule has 0 heterocycles. The number of rotatable bonds is 10. The molecule has 0 saturated carbocycles. The van der Waals surface area contributed by atoms with E-state index in [0.717, 1.165) is 0 Å². The summed E-state index contributed by atoms with van der Waals surface area (Å²) in [5.41, 5.74) is 3.28. The first-order chi connectivity index (χ1) is 15.3. The largest absolute Gasteiger partial charge is 0.493 e. The van der Waals surface area contributed by atoms with Crippen molar-refractivity contribution in [3.8, 4) is 11.5 Å². The van der Waals surface area contributed by atoms with Crippen molar-refractivity contribution in [2.45, 2.75) is 19.9 Å². The highest BCUT2D eigenvalue weighted by Crippen LogP contribution is 2.30. The van der Waals surface area contributed by atoms with Crippen molar-refractivity contribution in [2.24, 2.45) is 11.0 Å². The van der Waals surface area contributed by atoms with Gasteiger partial charge in [-0.05, 0) is 36.2 Å². The van der Waals surface area contributed by atoms with Crippen LogP contribution < -0.4 is 20.2 Å². The highest BCUT2D eigenvalue weighted by atomic mass is 35.5. The van der Waals surface area contributed by atoms with Crippen LogP contribution in [0, 0.1) is 5.92 Å². The van der Waals surface area contributed by atoms with Crippen LogP contribution in [0.15, 0.2) is 54.2 Å². The number of nitrogens with one attached hydrogen (secondary N) is 2. The van der Waals surface area contributed by atoms with Crippen molar-refractivity contribution in [3.63, 3.8) is 0 Å². The Morgan fingerprint density at radius 2 is 1.97 bits per heavy atom. The van der Waals surface area contributed by atoms with Crippen LogP contribution in [0.25, 0.3) is 0 Å². The van der Waals surface area contributed by atoms with Gasteiger partial charge in [-0.2, -0.15) is 5.10 Å². The zero-order valence-electron chi connectivity index (χ0n) is 18.0. The molecule has 2 rings (SSSR count). The van der Waals surface area contributed by atoms with Gasteiger partial charge in [0.2, 0.25) is 0 Å². The monoisotopic (exact) mass is 477 g/mol. The highest BCUT2D eigenvalue weighted by Gasteiger charge is 2.25. The fraction of sp³-hybridized carbons (Fsp3) is 0.261. The molecule has 0 radical (unpaired) electrons. The number of carbonyl (C=O) groups is 2. The predicted molar refractivity (Wildman–Crippen MR) is 127 cm³/mol. The van der Waals surface area contributed by atoms with Crippen LogP contribution in [0.4, 0.5) is 0 Å². The van der Waals surface area contributed by atoms with Crippen molar-refractivity contribution in [2.75, 3.05) is 13.7 Å². The molecule has 2 aromatic carbocycles. The van der Waals surface area contributed by atoms with Gasteiger partial charge in [0.1, 0.15) is 12.6 Å². The molecule has 32 heavy (non-hydrogen) atoms. The van der Waals surface area contributed by atoms with Crippen LogP contribution in [-0.2, 0) is 4.79 Å². The molecule has 0 saturated heterocycles. The number of amides is 2. The Morgan fingerprint density at radius 3 is 2.59 bits per heavy atom. The van der Waals surface area contributed by atoms with Crippen LogP contribution in [-0.4, -0.2) is 37.8 Å². The quantitative estimate of drug-likeness (QED) is 0.300. The molecule has 2 amide bonds. The van der Waals surface area contributed by atoms with E-state index in [-0.39, 0.29) is 23.1 Å². The molecular formula is C23H25Cl2N3O4. The van der Waals surface area contributed by atoms with Gasteiger partial charge in [-0.25, -0.2) is 5.43 Å². The van der Waals surface area contributed by atoms with E-state index in [2.05, 4.69) is 22.4 Å². The summed E-state index contributed by atoms with van der Waals surface area (Å²) in [6, 6.07) is 8.97. The summed E-state index contributed by atoms with van der Waals surface area (Å²) in [7, 11) is 1.53. The lowest BCUT2D eigenvalue weighted by molar-refractivity contribution is -0.123. The Balaban J connectivity index is 2.13. The van der Waals surface area contributed by atoms with Gasteiger partial charge in [-0.3, -0.25) is 9.59 Å². The van der Waals surface area contributed by atoms with Gasteiger partial charge in [-0.1, -0.05) is 55.8 Å². The molecule has 2 aromatic rings. The first kappa shape index (κ1) is 25.2. The smallest absolute Gasteiger partial charge is 0.262 e. The molecule has 0 fully saturated rings. The Bertz CT molecular complexity index is 1010. The van der Waals surface area contributed by atoms with Gasteiger partial charge >= 0.3 is 0 Å². The molecule has 0 bridgehead atoms. The number of nitrogens with zero attached hydrogens (tertiary/aromatic N) is 1. The summed E-state index contributed by atoms with van der Waals surface area (Å²) >= 11 is 12.0. The first-order valence-corrected chi connectivity index (χ1v) is 10.5. The third-order valence-electron chi connectivity index (χ3n) is 4.36. The van der Waals surface area contributed by atoms with Crippen molar-refractivity contribution in [3.05, 3.63) is 70.2 Å². The molecule has 9 heteroatoms. The van der Waals surface area contributed by atoms with Crippen molar-refractivity contribution in [1.29, 1.82) is 0 Å². The second-order valence-electron chi connectivity index (χ2n) is 7.03. The van der Waals surface area contributed by atoms with Crippen LogP contribution >= 0.6 is 23.2 Å². The van der Waals surface area contributed by atoms with Gasteiger partial charge in [-0.15, -0.1) is 0 Å². The molecule has 1 atom stereocenters. The highest BCUT2D eigenvalue weighted by molar-refractivity contribution is 6.36. The van der Waals surface area contributed by atoms with E-state index in [1.54, 1.807) is 44.2 Å². The molecular weight excluding hydrogens is 453 g/mol. The summed E-state index contributed by atoms with van der Waals surface area (Å²) in [4.78, 5) is 25.3. The minimum absolute atomic E-state index is 0.195. The molecule has 0 aromatic heterocycles. The maximum absolute atomic E-state index is 12.7. The van der Waals surface area contributed by atoms with Crippen LogP contribution in [0.3, 0.4) is 0 Å². The number of para-hydroxylation sites is 1. The number of hydrogen-bond acceptors (Lipinski definition) is 5. The van der Waals surface area contributed by atoms with E-state index in [0.29, 0.717) is 22.1 Å². The SMILES string of the molecule is C=CCOc1c(/C=N/NC(=O)C(NC(=O)c2ccc(Cl)cc2Cl)C(C)C)cccc1OC. The van der Waals surface area contributed by atoms with Gasteiger partial charge in [0.25, 0.3) is 11.8 Å². The number of carbonyl (C=O) groups excluding carboxylic acids is 2. The molecule has 0 spiro atoms. The number of methoxy groups -OCH3 is 1. The lowest BCUT2D eigenvalue weighted by Crippen LogP contribution is -2.48. The Kier molecular flexibility index (Phi) is 9.56. The predicted octanol–water partition coefficient (Wildman–Crippen LogP) is 4.47. The Labute approximate surface area is 197 Å². The standard InChI is InChI=1S/C23H25Cl2N3O4/c1-5-11-32-21-15(7-6-8-19(21)31-4)13-26-28-23(30)20(14(2)3)27-22(29)17-10-9-16(24)12-18(17)25/h5-10,12-14,20H,1,11H2,2-4H3,(H,27,29)(H,28,30)/b26-13+. The molecule has 0 aliphatic carbocycles. The van der Waals surface area contributed by atoms with Crippen LogP contribution in [0.2, 0.25) is 10.0 Å². The number of halogens is 2. The Morgan fingerprint density at radius 1 is 1.22 bits per heavy atom. The zero-order chi connectivity index (χ0) is 23.7. The topological polar surface area (TPSA) is 89.0 Å². The third kappa shape index (κ3) is 6.73. The van der Waals surface area contributed by atoms with E-state index in [1.165, 1.54) is 25.5 Å². The molecule has 7 nitrogen and oxygen atoms in total. The van der Waals surface area contributed by atoms with Gasteiger partial charge < -0.3 is 14.8 Å². The first-order valence-electron chi connectivity index (χ1n) is 9.78. The zero-order valence-corrected chi connectivity index (χ0v) is 19.5. The lowest BCUT2D eigenvalue weighted by Gasteiger charge is -2.20. The molecule has 2 N–H and O–H groups in total. The molecule has 1 unspecified atom stereocenters.